The Balaban J connectivity index is 1.34. The standard InChI is InChI=1S/C23H26N4O3/c28-23(27-17-5-8-29-9-6-17)15-1-3-18-19(13-26-21(18)11-15)16-2-4-20(25-12-16)22-14-24-7-10-30-22/h1-4,11-13,17,22,24,26H,5-10,14H2,(H,27,28). The number of fused-ring (bicyclic) bond motifs is 1. The number of nitrogens with zero attached hydrogens (tertiary/aromatic N) is 1. The van der Waals surface area contributed by atoms with Crippen molar-refractivity contribution in [3.63, 3.8) is 0 Å². The zero-order valence-electron chi connectivity index (χ0n) is 16.8. The maximum atomic E-state index is 12.6. The van der Waals surface area contributed by atoms with Gasteiger partial charge < -0.3 is 25.1 Å². The summed E-state index contributed by atoms with van der Waals surface area (Å²) in [6.45, 7) is 3.80. The van der Waals surface area contributed by atoms with Gasteiger partial charge in [-0.3, -0.25) is 9.78 Å². The Morgan fingerprint density at radius 1 is 1.13 bits per heavy atom. The summed E-state index contributed by atoms with van der Waals surface area (Å²) >= 11 is 0. The molecule has 0 saturated carbocycles. The summed E-state index contributed by atoms with van der Waals surface area (Å²) in [5, 5.41) is 7.52. The van der Waals surface area contributed by atoms with Gasteiger partial charge in [0.2, 0.25) is 0 Å². The maximum Gasteiger partial charge on any atom is 0.251 e. The lowest BCUT2D eigenvalue weighted by Gasteiger charge is -2.23. The van der Waals surface area contributed by atoms with Crippen molar-refractivity contribution in [1.29, 1.82) is 0 Å². The van der Waals surface area contributed by atoms with Gasteiger partial charge in [0, 0.05) is 72.3 Å². The normalized spacial score (nSPS) is 20.3. The highest BCUT2D eigenvalue weighted by Crippen LogP contribution is 2.30. The Labute approximate surface area is 175 Å². The third kappa shape index (κ3) is 3.96. The molecule has 1 unspecified atom stereocenters. The second-order valence-corrected chi connectivity index (χ2v) is 7.86. The van der Waals surface area contributed by atoms with Crippen LogP contribution in [0.5, 0.6) is 0 Å². The largest absolute Gasteiger partial charge is 0.381 e. The van der Waals surface area contributed by atoms with E-state index in [0.717, 1.165) is 53.7 Å². The first-order valence-corrected chi connectivity index (χ1v) is 10.6. The molecular formula is C23H26N4O3. The molecule has 4 heterocycles. The average molecular weight is 406 g/mol. The van der Waals surface area contributed by atoms with Crippen LogP contribution in [0.25, 0.3) is 22.0 Å². The summed E-state index contributed by atoms with van der Waals surface area (Å²) in [7, 11) is 0. The van der Waals surface area contributed by atoms with Crippen molar-refractivity contribution in [2.24, 2.45) is 0 Å². The second kappa shape index (κ2) is 8.55. The smallest absolute Gasteiger partial charge is 0.251 e. The van der Waals surface area contributed by atoms with Crippen LogP contribution in [0.15, 0.2) is 42.7 Å². The first kappa shape index (κ1) is 19.2. The summed E-state index contributed by atoms with van der Waals surface area (Å²) in [6, 6.07) is 10.1. The van der Waals surface area contributed by atoms with Crippen LogP contribution >= 0.6 is 0 Å². The average Bonchev–Trinajstić information content (AvgIpc) is 3.24. The first-order chi connectivity index (χ1) is 14.8. The van der Waals surface area contributed by atoms with E-state index in [2.05, 4.69) is 26.7 Å². The Morgan fingerprint density at radius 2 is 2.03 bits per heavy atom. The molecule has 0 aliphatic carbocycles. The molecule has 2 saturated heterocycles. The molecule has 156 valence electrons. The minimum absolute atomic E-state index is 0.00701. The van der Waals surface area contributed by atoms with E-state index in [9.17, 15) is 4.79 Å². The number of rotatable bonds is 4. The van der Waals surface area contributed by atoms with Crippen LogP contribution in [0.2, 0.25) is 0 Å². The molecule has 2 aromatic heterocycles. The number of aromatic nitrogens is 2. The van der Waals surface area contributed by atoms with Gasteiger partial charge in [-0.05, 0) is 31.0 Å². The van der Waals surface area contributed by atoms with Gasteiger partial charge in [0.05, 0.1) is 12.3 Å². The number of H-pyrrole nitrogens is 1. The predicted octanol–water partition coefficient (Wildman–Crippen LogP) is 2.80. The van der Waals surface area contributed by atoms with Gasteiger partial charge in [0.15, 0.2) is 0 Å². The molecule has 5 rings (SSSR count). The van der Waals surface area contributed by atoms with E-state index in [1.165, 1.54) is 0 Å². The van der Waals surface area contributed by atoms with Gasteiger partial charge in [0.25, 0.3) is 5.91 Å². The van der Waals surface area contributed by atoms with Crippen LogP contribution in [-0.4, -0.2) is 54.8 Å². The van der Waals surface area contributed by atoms with E-state index in [1.54, 1.807) is 0 Å². The van der Waals surface area contributed by atoms with Crippen molar-refractivity contribution in [2.45, 2.75) is 25.0 Å². The number of morpholine rings is 1. The molecule has 7 heteroatoms. The van der Waals surface area contributed by atoms with Gasteiger partial charge >= 0.3 is 0 Å². The van der Waals surface area contributed by atoms with E-state index >= 15 is 0 Å². The molecule has 7 nitrogen and oxygen atoms in total. The highest BCUT2D eigenvalue weighted by molar-refractivity contribution is 6.02. The van der Waals surface area contributed by atoms with E-state index in [-0.39, 0.29) is 18.1 Å². The highest BCUT2D eigenvalue weighted by Gasteiger charge is 2.19. The van der Waals surface area contributed by atoms with Crippen LogP contribution in [0, 0.1) is 0 Å². The SMILES string of the molecule is O=C(NC1CCOCC1)c1ccc2c(-c3ccc(C4CNCCO4)nc3)c[nH]c2c1. The quantitative estimate of drug-likeness (QED) is 0.620. The zero-order valence-corrected chi connectivity index (χ0v) is 16.8. The molecule has 0 spiro atoms. The molecule has 2 fully saturated rings. The van der Waals surface area contributed by atoms with Crippen molar-refractivity contribution in [1.82, 2.24) is 20.6 Å². The number of carbonyl (C=O) groups is 1. The van der Waals surface area contributed by atoms with E-state index < -0.39 is 0 Å². The topological polar surface area (TPSA) is 88.3 Å². The van der Waals surface area contributed by atoms with Crippen LogP contribution in [0.3, 0.4) is 0 Å². The van der Waals surface area contributed by atoms with E-state index in [4.69, 9.17) is 9.47 Å². The number of benzene rings is 1. The van der Waals surface area contributed by atoms with Gasteiger partial charge in [-0.2, -0.15) is 0 Å². The fourth-order valence-electron chi connectivity index (χ4n) is 4.13. The van der Waals surface area contributed by atoms with Crippen LogP contribution < -0.4 is 10.6 Å². The predicted molar refractivity (Wildman–Crippen MR) is 114 cm³/mol. The lowest BCUT2D eigenvalue weighted by molar-refractivity contribution is 0.0250. The molecule has 3 aromatic rings. The Morgan fingerprint density at radius 3 is 2.80 bits per heavy atom. The molecule has 30 heavy (non-hydrogen) atoms. The van der Waals surface area contributed by atoms with Crippen molar-refractivity contribution in [3.8, 4) is 11.1 Å². The number of pyridine rings is 1. The summed E-state index contributed by atoms with van der Waals surface area (Å²) in [6.07, 6.45) is 5.60. The van der Waals surface area contributed by atoms with Crippen LogP contribution in [-0.2, 0) is 9.47 Å². The molecule has 1 amide bonds. The van der Waals surface area contributed by atoms with Gasteiger partial charge in [-0.15, -0.1) is 0 Å². The Kier molecular flexibility index (Phi) is 5.48. The minimum atomic E-state index is -0.0351. The van der Waals surface area contributed by atoms with Crippen LogP contribution in [0.4, 0.5) is 0 Å². The molecule has 0 bridgehead atoms. The first-order valence-electron chi connectivity index (χ1n) is 10.6. The molecule has 3 N–H and O–H groups in total. The van der Waals surface area contributed by atoms with Crippen molar-refractivity contribution in [3.05, 3.63) is 54.0 Å². The number of ether oxygens (including phenoxy) is 2. The number of aromatic amines is 1. The minimum Gasteiger partial charge on any atom is -0.381 e. The number of hydrogen-bond acceptors (Lipinski definition) is 5. The number of nitrogens with one attached hydrogen (secondary N) is 3. The van der Waals surface area contributed by atoms with E-state index in [1.807, 2.05) is 36.7 Å². The van der Waals surface area contributed by atoms with Gasteiger partial charge in [-0.25, -0.2) is 0 Å². The summed E-state index contributed by atoms with van der Waals surface area (Å²) in [5.74, 6) is -0.0351. The summed E-state index contributed by atoms with van der Waals surface area (Å²) in [5.41, 5.74) is 4.65. The van der Waals surface area contributed by atoms with Gasteiger partial charge in [0.1, 0.15) is 6.10 Å². The number of carbonyl (C=O) groups excluding carboxylic acids is 1. The fourth-order valence-corrected chi connectivity index (χ4v) is 4.13. The van der Waals surface area contributed by atoms with Crippen molar-refractivity contribution in [2.75, 3.05) is 32.9 Å². The second-order valence-electron chi connectivity index (χ2n) is 7.86. The fraction of sp³-hybridized carbons (Fsp3) is 0.391. The third-order valence-corrected chi connectivity index (χ3v) is 5.86. The summed E-state index contributed by atoms with van der Waals surface area (Å²) < 4.78 is 11.1. The number of hydrogen-bond donors (Lipinski definition) is 3. The lowest BCUT2D eigenvalue weighted by atomic mass is 10.0. The highest BCUT2D eigenvalue weighted by atomic mass is 16.5. The monoisotopic (exact) mass is 406 g/mol. The van der Waals surface area contributed by atoms with E-state index in [0.29, 0.717) is 25.4 Å². The molecule has 2 aliphatic heterocycles. The number of amides is 1. The Hall–Kier alpha value is -2.74. The maximum absolute atomic E-state index is 12.6. The zero-order chi connectivity index (χ0) is 20.3. The third-order valence-electron chi connectivity index (χ3n) is 5.86. The summed E-state index contributed by atoms with van der Waals surface area (Å²) in [4.78, 5) is 20.6. The molecular weight excluding hydrogens is 380 g/mol. The van der Waals surface area contributed by atoms with Crippen LogP contribution in [0.1, 0.15) is 35.0 Å². The van der Waals surface area contributed by atoms with Crippen molar-refractivity contribution < 1.29 is 14.3 Å². The molecule has 2 aliphatic rings. The molecule has 0 radical (unpaired) electrons. The van der Waals surface area contributed by atoms with Crippen molar-refractivity contribution >= 4 is 16.8 Å². The van der Waals surface area contributed by atoms with Gasteiger partial charge in [-0.1, -0.05) is 12.1 Å². The lowest BCUT2D eigenvalue weighted by Crippen LogP contribution is -2.38. The molecule has 1 atom stereocenters. The Bertz CT molecular complexity index is 1020. The molecule has 1 aromatic carbocycles.